The molecule has 1 unspecified atom stereocenters. The molecule has 0 amide bonds. The summed E-state index contributed by atoms with van der Waals surface area (Å²) in [6.45, 7) is 5.21. The van der Waals surface area contributed by atoms with Crippen LogP contribution in [0, 0.1) is 13.8 Å². The van der Waals surface area contributed by atoms with Crippen LogP contribution >= 0.6 is 0 Å². The fourth-order valence-corrected chi connectivity index (χ4v) is 2.29. The molecule has 2 rings (SSSR count). The van der Waals surface area contributed by atoms with Crippen LogP contribution in [-0.2, 0) is 0 Å². The lowest BCUT2D eigenvalue weighted by Crippen LogP contribution is -2.29. The highest BCUT2D eigenvalue weighted by atomic mass is 16.3. The summed E-state index contributed by atoms with van der Waals surface area (Å²) in [5, 5.41) is 13.6. The first-order chi connectivity index (χ1) is 7.20. The van der Waals surface area contributed by atoms with Gasteiger partial charge in [0.2, 0.25) is 0 Å². The van der Waals surface area contributed by atoms with Crippen molar-refractivity contribution in [2.45, 2.75) is 38.8 Å². The summed E-state index contributed by atoms with van der Waals surface area (Å²) in [5.74, 6) is 0. The first-order valence-corrected chi connectivity index (χ1v) is 5.67. The Bertz CT molecular complexity index is 342. The molecule has 1 aromatic carbocycles. The summed E-state index contributed by atoms with van der Waals surface area (Å²) in [5.41, 5.74) is 3.55. The number of hydrogen-bond donors (Lipinski definition) is 2. The second-order valence-electron chi connectivity index (χ2n) is 4.44. The minimum atomic E-state index is -0.354. The largest absolute Gasteiger partial charge is 0.387 e. The Hall–Kier alpha value is -0.860. The van der Waals surface area contributed by atoms with Crippen molar-refractivity contribution >= 4 is 0 Å². The van der Waals surface area contributed by atoms with E-state index in [1.165, 1.54) is 17.5 Å². The van der Waals surface area contributed by atoms with E-state index in [0.717, 1.165) is 18.5 Å². The third-order valence-electron chi connectivity index (χ3n) is 3.44. The number of benzene rings is 1. The van der Waals surface area contributed by atoms with E-state index in [1.807, 2.05) is 12.1 Å². The van der Waals surface area contributed by atoms with Crippen molar-refractivity contribution in [1.29, 1.82) is 0 Å². The molecule has 82 valence electrons. The topological polar surface area (TPSA) is 32.3 Å². The van der Waals surface area contributed by atoms with Gasteiger partial charge in [-0.15, -0.1) is 0 Å². The minimum Gasteiger partial charge on any atom is -0.387 e. The number of aliphatic hydroxyl groups excluding tert-OH is 1. The highest BCUT2D eigenvalue weighted by molar-refractivity contribution is 5.35. The summed E-state index contributed by atoms with van der Waals surface area (Å²) in [4.78, 5) is 0. The van der Waals surface area contributed by atoms with Gasteiger partial charge in [0, 0.05) is 6.04 Å². The number of aliphatic hydroxyl groups is 1. The number of rotatable bonds is 2. The summed E-state index contributed by atoms with van der Waals surface area (Å²) < 4.78 is 0. The zero-order valence-electron chi connectivity index (χ0n) is 9.46. The molecular weight excluding hydrogens is 186 g/mol. The molecule has 0 aliphatic carbocycles. The van der Waals surface area contributed by atoms with E-state index >= 15 is 0 Å². The maximum Gasteiger partial charge on any atom is 0.0945 e. The van der Waals surface area contributed by atoms with Gasteiger partial charge in [0.1, 0.15) is 0 Å². The van der Waals surface area contributed by atoms with Gasteiger partial charge in [0.15, 0.2) is 0 Å². The fourth-order valence-electron chi connectivity index (χ4n) is 2.29. The van der Waals surface area contributed by atoms with Crippen LogP contribution in [0.5, 0.6) is 0 Å². The molecule has 1 aliphatic rings. The van der Waals surface area contributed by atoms with Crippen LogP contribution in [0.15, 0.2) is 18.2 Å². The zero-order chi connectivity index (χ0) is 10.8. The van der Waals surface area contributed by atoms with Gasteiger partial charge >= 0.3 is 0 Å². The SMILES string of the molecule is Cc1cccc(C(O)[C@@H]2CCCN2)c1C. The molecule has 2 atom stereocenters. The maximum absolute atomic E-state index is 10.3. The van der Waals surface area contributed by atoms with Crippen LogP contribution in [0.4, 0.5) is 0 Å². The molecule has 1 fully saturated rings. The van der Waals surface area contributed by atoms with Crippen molar-refractivity contribution in [3.8, 4) is 0 Å². The first kappa shape index (κ1) is 10.7. The molecule has 2 heteroatoms. The third kappa shape index (κ3) is 2.06. The predicted octanol–water partition coefficient (Wildman–Crippen LogP) is 2.09. The molecule has 0 radical (unpaired) electrons. The normalized spacial score (nSPS) is 23.0. The molecule has 1 saturated heterocycles. The van der Waals surface area contributed by atoms with E-state index in [-0.39, 0.29) is 12.1 Å². The molecular formula is C13H19NO. The molecule has 1 aromatic rings. The Labute approximate surface area is 91.3 Å². The quantitative estimate of drug-likeness (QED) is 0.775. The third-order valence-corrected chi connectivity index (χ3v) is 3.44. The standard InChI is InChI=1S/C13H19NO/c1-9-5-3-6-11(10(9)2)13(15)12-7-4-8-14-12/h3,5-6,12-15H,4,7-8H2,1-2H3/t12-,13?/m0/s1. The van der Waals surface area contributed by atoms with Gasteiger partial charge in [-0.3, -0.25) is 0 Å². The number of hydrogen-bond acceptors (Lipinski definition) is 2. The summed E-state index contributed by atoms with van der Waals surface area (Å²) >= 11 is 0. The molecule has 0 spiro atoms. The van der Waals surface area contributed by atoms with Gasteiger partial charge in [-0.05, 0) is 49.9 Å². The van der Waals surface area contributed by atoms with E-state index in [0.29, 0.717) is 0 Å². The maximum atomic E-state index is 10.3. The van der Waals surface area contributed by atoms with E-state index in [9.17, 15) is 5.11 Å². The van der Waals surface area contributed by atoms with Crippen LogP contribution in [0.2, 0.25) is 0 Å². The van der Waals surface area contributed by atoms with Crippen LogP contribution in [0.1, 0.15) is 35.6 Å². The fraction of sp³-hybridized carbons (Fsp3) is 0.538. The van der Waals surface area contributed by atoms with Gasteiger partial charge < -0.3 is 10.4 Å². The zero-order valence-corrected chi connectivity index (χ0v) is 9.46. The lowest BCUT2D eigenvalue weighted by Gasteiger charge is -2.21. The van der Waals surface area contributed by atoms with Crippen LogP contribution in [-0.4, -0.2) is 17.7 Å². The van der Waals surface area contributed by atoms with E-state index in [1.54, 1.807) is 0 Å². The Morgan fingerprint density at radius 2 is 2.20 bits per heavy atom. The van der Waals surface area contributed by atoms with Crippen molar-refractivity contribution in [3.63, 3.8) is 0 Å². The van der Waals surface area contributed by atoms with Crippen LogP contribution in [0.25, 0.3) is 0 Å². The molecule has 0 aromatic heterocycles. The molecule has 0 bridgehead atoms. The lowest BCUT2D eigenvalue weighted by atomic mass is 9.94. The van der Waals surface area contributed by atoms with Gasteiger partial charge in [0.05, 0.1) is 6.10 Å². The predicted molar refractivity (Wildman–Crippen MR) is 61.9 cm³/mol. The Kier molecular flexibility index (Phi) is 3.08. The monoisotopic (exact) mass is 205 g/mol. The highest BCUT2D eigenvalue weighted by Gasteiger charge is 2.24. The molecule has 1 aliphatic heterocycles. The molecule has 15 heavy (non-hydrogen) atoms. The van der Waals surface area contributed by atoms with E-state index in [4.69, 9.17) is 0 Å². The lowest BCUT2D eigenvalue weighted by molar-refractivity contribution is 0.137. The van der Waals surface area contributed by atoms with Gasteiger partial charge in [-0.1, -0.05) is 18.2 Å². The van der Waals surface area contributed by atoms with Crippen molar-refractivity contribution in [2.24, 2.45) is 0 Å². The van der Waals surface area contributed by atoms with Gasteiger partial charge in [-0.2, -0.15) is 0 Å². The molecule has 2 nitrogen and oxygen atoms in total. The van der Waals surface area contributed by atoms with Crippen molar-refractivity contribution < 1.29 is 5.11 Å². The second-order valence-corrected chi connectivity index (χ2v) is 4.44. The van der Waals surface area contributed by atoms with Crippen molar-refractivity contribution in [2.75, 3.05) is 6.54 Å². The summed E-state index contributed by atoms with van der Waals surface area (Å²) in [7, 11) is 0. The average molecular weight is 205 g/mol. The molecule has 0 saturated carbocycles. The smallest absolute Gasteiger partial charge is 0.0945 e. The summed E-state index contributed by atoms with van der Waals surface area (Å²) in [6.07, 6.45) is 1.90. The van der Waals surface area contributed by atoms with Crippen molar-refractivity contribution in [3.05, 3.63) is 34.9 Å². The second kappa shape index (κ2) is 4.33. The number of nitrogens with one attached hydrogen (secondary N) is 1. The Morgan fingerprint density at radius 3 is 2.87 bits per heavy atom. The Morgan fingerprint density at radius 1 is 1.40 bits per heavy atom. The van der Waals surface area contributed by atoms with Crippen molar-refractivity contribution in [1.82, 2.24) is 5.32 Å². The minimum absolute atomic E-state index is 0.241. The van der Waals surface area contributed by atoms with Gasteiger partial charge in [0.25, 0.3) is 0 Å². The van der Waals surface area contributed by atoms with E-state index in [2.05, 4.69) is 25.2 Å². The molecule has 2 N–H and O–H groups in total. The first-order valence-electron chi connectivity index (χ1n) is 5.67. The van der Waals surface area contributed by atoms with Crippen LogP contribution < -0.4 is 5.32 Å². The van der Waals surface area contributed by atoms with Gasteiger partial charge in [-0.25, -0.2) is 0 Å². The highest BCUT2D eigenvalue weighted by Crippen LogP contribution is 2.26. The molecule has 1 heterocycles. The Balaban J connectivity index is 2.24. The number of aryl methyl sites for hydroxylation is 1. The van der Waals surface area contributed by atoms with Crippen LogP contribution in [0.3, 0.4) is 0 Å². The van der Waals surface area contributed by atoms with E-state index < -0.39 is 0 Å². The average Bonchev–Trinajstić information content (AvgIpc) is 2.74. The summed E-state index contributed by atoms with van der Waals surface area (Å²) in [6, 6.07) is 6.39.